The molecule has 3 heterocycles. The molecule has 3 aromatic rings. The van der Waals surface area contributed by atoms with Crippen LogP contribution in [0.3, 0.4) is 0 Å². The number of benzene rings is 1. The third-order valence-electron chi connectivity index (χ3n) is 4.43. The lowest BCUT2D eigenvalue weighted by molar-refractivity contribution is -0.110. The molecule has 9 nitrogen and oxygen atoms in total. The first kappa shape index (κ1) is 21.5. The van der Waals surface area contributed by atoms with Crippen molar-refractivity contribution in [2.45, 2.75) is 12.5 Å². The third-order valence-corrected chi connectivity index (χ3v) is 5.14. The van der Waals surface area contributed by atoms with Gasteiger partial charge in [0, 0.05) is 30.1 Å². The topological polar surface area (TPSA) is 115 Å². The van der Waals surface area contributed by atoms with E-state index in [2.05, 4.69) is 25.8 Å². The Hall–Kier alpha value is -3.70. The lowest BCUT2D eigenvalue weighted by Crippen LogP contribution is -2.25. The molecule has 1 aliphatic heterocycles. The maximum atomic E-state index is 13.2. The number of nitrogens with zero attached hydrogens (tertiary/aromatic N) is 3. The number of halogens is 1. The number of anilines is 2. The highest BCUT2D eigenvalue weighted by molar-refractivity contribution is 7.14. The molecule has 0 bridgehead atoms. The van der Waals surface area contributed by atoms with Gasteiger partial charge in [-0.15, -0.1) is 0 Å². The number of carbonyl (C=O) groups is 2. The number of nitrogens with one attached hydrogen (secondary N) is 2. The van der Waals surface area contributed by atoms with Gasteiger partial charge in [-0.25, -0.2) is 4.98 Å². The van der Waals surface area contributed by atoms with Gasteiger partial charge in [-0.2, -0.15) is 4.39 Å². The van der Waals surface area contributed by atoms with Crippen molar-refractivity contribution in [3.8, 4) is 0 Å². The second-order valence-electron chi connectivity index (χ2n) is 6.73. The van der Waals surface area contributed by atoms with E-state index < -0.39 is 11.0 Å². The average molecular weight is 455 g/mol. The summed E-state index contributed by atoms with van der Waals surface area (Å²) >= 11 is 0.701. The van der Waals surface area contributed by atoms with Crippen LogP contribution in [0, 0.1) is 5.13 Å². The van der Waals surface area contributed by atoms with Gasteiger partial charge in [-0.05, 0) is 24.3 Å². The van der Waals surface area contributed by atoms with Crippen molar-refractivity contribution in [2.75, 3.05) is 23.8 Å². The summed E-state index contributed by atoms with van der Waals surface area (Å²) < 4.78 is 18.5. The SMILES string of the molecule is O=C(Nc1ncc(F)s1)/C(=N/O[C@@H]1CCOC1)c1ccc(NC(=O)c2cccnc2)cc1. The summed E-state index contributed by atoms with van der Waals surface area (Å²) in [5.74, 6) is -0.918. The lowest BCUT2D eigenvalue weighted by atomic mass is 10.1. The predicted molar refractivity (Wildman–Crippen MR) is 116 cm³/mol. The maximum absolute atomic E-state index is 13.2. The van der Waals surface area contributed by atoms with E-state index in [0.717, 1.165) is 6.20 Å². The Morgan fingerprint density at radius 3 is 2.66 bits per heavy atom. The standard InChI is InChI=1S/C21H18FN5O4S/c22-17-11-24-21(32-17)26-20(29)18(27-31-16-7-9-30-12-16)13-3-5-15(6-4-13)25-19(28)14-2-1-8-23-10-14/h1-6,8,10-11,16H,7,9,12H2,(H,25,28)(H,24,26,29)/b27-18+/t16-/m1/s1. The highest BCUT2D eigenvalue weighted by atomic mass is 32.1. The van der Waals surface area contributed by atoms with Gasteiger partial charge in [0.25, 0.3) is 11.8 Å². The highest BCUT2D eigenvalue weighted by Crippen LogP contribution is 2.18. The number of hydrogen-bond donors (Lipinski definition) is 2. The van der Waals surface area contributed by atoms with E-state index in [-0.39, 0.29) is 22.9 Å². The number of carbonyl (C=O) groups excluding carboxylic acids is 2. The van der Waals surface area contributed by atoms with Crippen molar-refractivity contribution in [1.29, 1.82) is 0 Å². The molecule has 164 valence electrons. The number of oxime groups is 1. The highest BCUT2D eigenvalue weighted by Gasteiger charge is 2.21. The number of thiazole rings is 1. The van der Waals surface area contributed by atoms with Gasteiger partial charge < -0.3 is 14.9 Å². The quantitative estimate of drug-likeness (QED) is 0.418. The zero-order chi connectivity index (χ0) is 22.3. The van der Waals surface area contributed by atoms with Crippen molar-refractivity contribution < 1.29 is 23.6 Å². The molecule has 1 saturated heterocycles. The lowest BCUT2D eigenvalue weighted by Gasteiger charge is -2.10. The van der Waals surface area contributed by atoms with E-state index in [0.29, 0.717) is 47.8 Å². The molecule has 1 aliphatic rings. The largest absolute Gasteiger partial charge is 0.389 e. The number of rotatable bonds is 7. The molecular formula is C21H18FN5O4S. The second-order valence-corrected chi connectivity index (χ2v) is 7.71. The van der Waals surface area contributed by atoms with Gasteiger partial charge in [-0.3, -0.25) is 19.9 Å². The van der Waals surface area contributed by atoms with E-state index in [1.807, 2.05) is 0 Å². The van der Waals surface area contributed by atoms with Crippen LogP contribution in [-0.2, 0) is 14.4 Å². The molecule has 0 radical (unpaired) electrons. The van der Waals surface area contributed by atoms with Gasteiger partial charge in [-0.1, -0.05) is 28.6 Å². The van der Waals surface area contributed by atoms with Gasteiger partial charge in [0.1, 0.15) is 0 Å². The predicted octanol–water partition coefficient (Wildman–Crippen LogP) is 3.08. The summed E-state index contributed by atoms with van der Waals surface area (Å²) in [6, 6.07) is 9.82. The first-order valence-electron chi connectivity index (χ1n) is 9.64. The number of ether oxygens (including phenoxy) is 1. The van der Waals surface area contributed by atoms with Crippen LogP contribution in [0.4, 0.5) is 15.2 Å². The number of amides is 2. The Labute approximate surface area is 186 Å². The normalized spacial score (nSPS) is 15.9. The van der Waals surface area contributed by atoms with Crippen LogP contribution in [0.15, 0.2) is 60.1 Å². The van der Waals surface area contributed by atoms with Crippen molar-refractivity contribution in [2.24, 2.45) is 5.16 Å². The third kappa shape index (κ3) is 5.50. The number of hydrogen-bond acceptors (Lipinski definition) is 8. The average Bonchev–Trinajstić information content (AvgIpc) is 3.47. The summed E-state index contributed by atoms with van der Waals surface area (Å²) in [6.07, 6.45) is 4.47. The molecule has 1 atom stereocenters. The van der Waals surface area contributed by atoms with Gasteiger partial charge in [0.05, 0.1) is 25.0 Å². The van der Waals surface area contributed by atoms with Crippen molar-refractivity contribution in [3.63, 3.8) is 0 Å². The molecular weight excluding hydrogens is 437 g/mol. The molecule has 0 unspecified atom stereocenters. The van der Waals surface area contributed by atoms with Crippen LogP contribution in [0.25, 0.3) is 0 Å². The van der Waals surface area contributed by atoms with E-state index in [9.17, 15) is 14.0 Å². The fourth-order valence-corrected chi connectivity index (χ4v) is 3.37. The Kier molecular flexibility index (Phi) is 6.78. The molecule has 4 rings (SSSR count). The van der Waals surface area contributed by atoms with Gasteiger partial charge >= 0.3 is 0 Å². The molecule has 2 aromatic heterocycles. The number of aromatic nitrogens is 2. The molecule has 0 aliphatic carbocycles. The van der Waals surface area contributed by atoms with Crippen LogP contribution in [0.2, 0.25) is 0 Å². The fraction of sp³-hybridized carbons (Fsp3) is 0.190. The minimum absolute atomic E-state index is 0.0161. The molecule has 2 amide bonds. The van der Waals surface area contributed by atoms with E-state index in [1.165, 1.54) is 6.20 Å². The Morgan fingerprint density at radius 2 is 2.00 bits per heavy atom. The zero-order valence-corrected chi connectivity index (χ0v) is 17.5. The first-order chi connectivity index (χ1) is 15.6. The number of pyridine rings is 1. The smallest absolute Gasteiger partial charge is 0.280 e. The Bertz CT molecular complexity index is 1110. The minimum atomic E-state index is -0.606. The van der Waals surface area contributed by atoms with E-state index in [1.54, 1.807) is 42.6 Å². The first-order valence-corrected chi connectivity index (χ1v) is 10.5. The summed E-state index contributed by atoms with van der Waals surface area (Å²) in [4.78, 5) is 38.3. The second kappa shape index (κ2) is 10.1. The van der Waals surface area contributed by atoms with Crippen LogP contribution >= 0.6 is 11.3 Å². The summed E-state index contributed by atoms with van der Waals surface area (Å²) in [5.41, 5.74) is 1.37. The van der Waals surface area contributed by atoms with E-state index in [4.69, 9.17) is 9.57 Å². The zero-order valence-electron chi connectivity index (χ0n) is 16.7. The molecule has 11 heteroatoms. The molecule has 32 heavy (non-hydrogen) atoms. The monoisotopic (exact) mass is 455 g/mol. The molecule has 0 spiro atoms. The van der Waals surface area contributed by atoms with Gasteiger partial charge in [0.2, 0.25) is 0 Å². The van der Waals surface area contributed by atoms with Gasteiger partial charge in [0.15, 0.2) is 22.1 Å². The van der Waals surface area contributed by atoms with Crippen molar-refractivity contribution in [1.82, 2.24) is 9.97 Å². The molecule has 2 N–H and O–H groups in total. The maximum Gasteiger partial charge on any atom is 0.280 e. The Morgan fingerprint density at radius 1 is 1.16 bits per heavy atom. The molecule has 1 aromatic carbocycles. The summed E-state index contributed by atoms with van der Waals surface area (Å²) in [5, 5.41) is 8.88. The van der Waals surface area contributed by atoms with Crippen LogP contribution in [0.5, 0.6) is 0 Å². The van der Waals surface area contributed by atoms with Crippen LogP contribution in [-0.4, -0.2) is 46.8 Å². The van der Waals surface area contributed by atoms with Crippen LogP contribution in [0.1, 0.15) is 22.3 Å². The fourth-order valence-electron chi connectivity index (χ4n) is 2.83. The summed E-state index contributed by atoms with van der Waals surface area (Å²) in [7, 11) is 0. The van der Waals surface area contributed by atoms with Crippen molar-refractivity contribution in [3.05, 3.63) is 71.2 Å². The van der Waals surface area contributed by atoms with Crippen molar-refractivity contribution >= 4 is 39.7 Å². The molecule has 1 fully saturated rings. The van der Waals surface area contributed by atoms with Crippen LogP contribution < -0.4 is 10.6 Å². The Balaban J connectivity index is 1.51. The molecule has 0 saturated carbocycles. The summed E-state index contributed by atoms with van der Waals surface area (Å²) in [6.45, 7) is 0.945. The van der Waals surface area contributed by atoms with E-state index >= 15 is 0 Å². The minimum Gasteiger partial charge on any atom is -0.389 e.